The van der Waals surface area contributed by atoms with Crippen molar-refractivity contribution in [3.8, 4) is 0 Å². The maximum absolute atomic E-state index is 12.7. The minimum atomic E-state index is 0.132. The van der Waals surface area contributed by atoms with Crippen LogP contribution in [0, 0.1) is 0 Å². The number of piperidine rings is 1. The molecule has 27 heavy (non-hydrogen) atoms. The van der Waals surface area contributed by atoms with Gasteiger partial charge in [-0.15, -0.1) is 0 Å². The topological polar surface area (TPSA) is 62.5 Å². The Bertz CT molecular complexity index is 799. The molecule has 1 aromatic heterocycles. The van der Waals surface area contributed by atoms with Gasteiger partial charge < -0.3 is 15.5 Å². The Balaban J connectivity index is 1.91. The van der Waals surface area contributed by atoms with Gasteiger partial charge in [0.05, 0.1) is 17.9 Å². The largest absolute Gasteiger partial charge is 0.397 e. The van der Waals surface area contributed by atoms with Gasteiger partial charge in [0.2, 0.25) is 5.91 Å². The first kappa shape index (κ1) is 19.2. The maximum atomic E-state index is 12.7. The Morgan fingerprint density at radius 1 is 1.07 bits per heavy atom. The summed E-state index contributed by atoms with van der Waals surface area (Å²) in [6.45, 7) is 1.97. The van der Waals surface area contributed by atoms with Crippen molar-refractivity contribution in [1.82, 2.24) is 14.8 Å². The lowest BCUT2D eigenvalue weighted by Gasteiger charge is -2.31. The standard InChI is InChI=1S/C21H25ClN4O/c1-25(15-19(27)26-13-3-2-4-14-26)21(17-9-11-24-12-10-17)20(23)16-5-7-18(22)8-6-16/h5-12H,2-4,13-15,23H2,1H3/b21-20-. The number of carbonyl (C=O) groups is 1. The molecule has 6 heteroatoms. The molecule has 2 N–H and O–H groups in total. The van der Waals surface area contributed by atoms with Gasteiger partial charge in [-0.3, -0.25) is 9.78 Å². The summed E-state index contributed by atoms with van der Waals surface area (Å²) in [4.78, 5) is 20.7. The summed E-state index contributed by atoms with van der Waals surface area (Å²) in [5.74, 6) is 0.132. The van der Waals surface area contributed by atoms with Crippen molar-refractivity contribution in [2.75, 3.05) is 26.7 Å². The fourth-order valence-electron chi connectivity index (χ4n) is 3.38. The second-order valence-corrected chi connectivity index (χ2v) is 7.24. The minimum absolute atomic E-state index is 0.132. The predicted octanol–water partition coefficient (Wildman–Crippen LogP) is 3.46. The Kier molecular flexibility index (Phi) is 6.35. The molecule has 0 radical (unpaired) electrons. The molecule has 3 rings (SSSR count). The van der Waals surface area contributed by atoms with Gasteiger partial charge in [-0.05, 0) is 49.1 Å². The Morgan fingerprint density at radius 3 is 2.33 bits per heavy atom. The summed E-state index contributed by atoms with van der Waals surface area (Å²) >= 11 is 6.00. The van der Waals surface area contributed by atoms with E-state index in [1.54, 1.807) is 12.4 Å². The van der Waals surface area contributed by atoms with Crippen molar-refractivity contribution in [3.63, 3.8) is 0 Å². The third kappa shape index (κ3) is 4.80. The number of hydrogen-bond donors (Lipinski definition) is 1. The smallest absolute Gasteiger partial charge is 0.242 e. The van der Waals surface area contributed by atoms with Crippen molar-refractivity contribution in [3.05, 3.63) is 64.9 Å². The number of aromatic nitrogens is 1. The van der Waals surface area contributed by atoms with Crippen molar-refractivity contribution >= 4 is 28.9 Å². The second-order valence-electron chi connectivity index (χ2n) is 6.80. The number of likely N-dealkylation sites (N-methyl/N-ethyl adjacent to an activating group) is 1. The van der Waals surface area contributed by atoms with Gasteiger partial charge in [-0.25, -0.2) is 0 Å². The summed E-state index contributed by atoms with van der Waals surface area (Å²) in [7, 11) is 1.90. The number of nitrogens with two attached hydrogens (primary N) is 1. The molecule has 0 aliphatic carbocycles. The van der Waals surface area contributed by atoms with Crippen molar-refractivity contribution in [1.29, 1.82) is 0 Å². The number of nitrogens with zero attached hydrogens (tertiary/aromatic N) is 3. The van der Waals surface area contributed by atoms with Crippen LogP contribution in [0.5, 0.6) is 0 Å². The monoisotopic (exact) mass is 384 g/mol. The summed E-state index contributed by atoms with van der Waals surface area (Å²) in [5, 5.41) is 0.658. The number of carbonyl (C=O) groups excluding carboxylic acids is 1. The highest BCUT2D eigenvalue weighted by Gasteiger charge is 2.21. The van der Waals surface area contributed by atoms with Gasteiger partial charge >= 0.3 is 0 Å². The van der Waals surface area contributed by atoms with Crippen LogP contribution >= 0.6 is 11.6 Å². The number of pyridine rings is 1. The maximum Gasteiger partial charge on any atom is 0.242 e. The third-order valence-corrected chi connectivity index (χ3v) is 5.08. The van der Waals surface area contributed by atoms with Crippen LogP contribution in [0.1, 0.15) is 30.4 Å². The molecular formula is C21H25ClN4O. The first-order chi connectivity index (χ1) is 13.1. The van der Waals surface area contributed by atoms with Gasteiger partial charge in [0.15, 0.2) is 0 Å². The lowest BCUT2D eigenvalue weighted by atomic mass is 10.1. The van der Waals surface area contributed by atoms with Crippen LogP contribution in [0.25, 0.3) is 11.4 Å². The summed E-state index contributed by atoms with van der Waals surface area (Å²) in [6.07, 6.45) is 6.81. The molecule has 1 aliphatic heterocycles. The molecule has 1 aliphatic rings. The average Bonchev–Trinajstić information content (AvgIpc) is 2.70. The number of amides is 1. The number of rotatable bonds is 5. The van der Waals surface area contributed by atoms with Crippen molar-refractivity contribution in [2.45, 2.75) is 19.3 Å². The Hall–Kier alpha value is -2.53. The number of likely N-dealkylation sites (tertiary alicyclic amines) is 1. The molecule has 1 saturated heterocycles. The van der Waals surface area contributed by atoms with E-state index in [-0.39, 0.29) is 12.5 Å². The molecule has 0 bridgehead atoms. The van der Waals surface area contributed by atoms with E-state index in [1.165, 1.54) is 6.42 Å². The molecule has 2 aromatic rings. The quantitative estimate of drug-likeness (QED) is 0.857. The lowest BCUT2D eigenvalue weighted by Crippen LogP contribution is -2.41. The Morgan fingerprint density at radius 2 is 1.70 bits per heavy atom. The van der Waals surface area contributed by atoms with E-state index in [1.807, 2.05) is 53.2 Å². The van der Waals surface area contributed by atoms with Crippen LogP contribution in [0.2, 0.25) is 5.02 Å². The summed E-state index contributed by atoms with van der Waals surface area (Å²) < 4.78 is 0. The van der Waals surface area contributed by atoms with Gasteiger partial charge in [0.25, 0.3) is 0 Å². The highest BCUT2D eigenvalue weighted by atomic mass is 35.5. The van der Waals surface area contributed by atoms with Gasteiger partial charge in [-0.1, -0.05) is 23.7 Å². The predicted molar refractivity (Wildman–Crippen MR) is 110 cm³/mol. The van der Waals surface area contributed by atoms with E-state index in [2.05, 4.69) is 4.98 Å². The molecule has 0 unspecified atom stereocenters. The van der Waals surface area contributed by atoms with E-state index in [4.69, 9.17) is 17.3 Å². The minimum Gasteiger partial charge on any atom is -0.397 e. The zero-order chi connectivity index (χ0) is 19.2. The van der Waals surface area contributed by atoms with Gasteiger partial charge in [-0.2, -0.15) is 0 Å². The first-order valence-electron chi connectivity index (χ1n) is 9.21. The molecule has 1 amide bonds. The highest BCUT2D eigenvalue weighted by molar-refractivity contribution is 6.30. The SMILES string of the molecule is CN(CC(=O)N1CCCCC1)/C(=C(\N)c1ccc(Cl)cc1)c1ccncc1. The second kappa shape index (κ2) is 8.91. The Labute approximate surface area is 165 Å². The molecule has 1 fully saturated rings. The fraction of sp³-hybridized carbons (Fsp3) is 0.333. The molecule has 142 valence electrons. The van der Waals surface area contributed by atoms with Crippen LogP contribution in [-0.4, -0.2) is 47.4 Å². The third-order valence-electron chi connectivity index (χ3n) is 4.83. The summed E-state index contributed by atoms with van der Waals surface area (Å²) in [5.41, 5.74) is 9.73. The zero-order valence-corrected chi connectivity index (χ0v) is 16.3. The van der Waals surface area contributed by atoms with E-state index in [0.29, 0.717) is 10.7 Å². The van der Waals surface area contributed by atoms with Crippen LogP contribution in [-0.2, 0) is 4.79 Å². The lowest BCUT2D eigenvalue weighted by molar-refractivity contribution is -0.132. The number of benzene rings is 1. The van der Waals surface area contributed by atoms with Gasteiger partial charge in [0.1, 0.15) is 0 Å². The highest BCUT2D eigenvalue weighted by Crippen LogP contribution is 2.26. The van der Waals surface area contributed by atoms with E-state index >= 15 is 0 Å². The fourth-order valence-corrected chi connectivity index (χ4v) is 3.51. The number of hydrogen-bond acceptors (Lipinski definition) is 4. The molecule has 1 aromatic carbocycles. The van der Waals surface area contributed by atoms with Crippen molar-refractivity contribution in [2.24, 2.45) is 5.73 Å². The normalized spacial score (nSPS) is 15.3. The average molecular weight is 385 g/mol. The molecular weight excluding hydrogens is 360 g/mol. The van der Waals surface area contributed by atoms with Crippen LogP contribution in [0.3, 0.4) is 0 Å². The van der Waals surface area contributed by atoms with Crippen LogP contribution in [0.4, 0.5) is 0 Å². The van der Waals surface area contributed by atoms with E-state index in [0.717, 1.165) is 42.8 Å². The van der Waals surface area contributed by atoms with E-state index < -0.39 is 0 Å². The summed E-state index contributed by atoms with van der Waals surface area (Å²) in [6, 6.07) is 11.2. The van der Waals surface area contributed by atoms with Crippen LogP contribution in [0.15, 0.2) is 48.8 Å². The molecule has 2 heterocycles. The van der Waals surface area contributed by atoms with Crippen LogP contribution < -0.4 is 5.73 Å². The first-order valence-corrected chi connectivity index (χ1v) is 9.59. The van der Waals surface area contributed by atoms with Crippen molar-refractivity contribution < 1.29 is 4.79 Å². The number of halogens is 1. The van der Waals surface area contributed by atoms with Gasteiger partial charge in [0, 0.05) is 43.1 Å². The van der Waals surface area contributed by atoms with E-state index in [9.17, 15) is 4.79 Å². The molecule has 0 atom stereocenters. The molecule has 5 nitrogen and oxygen atoms in total. The molecule has 0 spiro atoms. The molecule has 0 saturated carbocycles. The zero-order valence-electron chi connectivity index (χ0n) is 15.6.